The molecule has 2 aliphatic rings. The van der Waals surface area contributed by atoms with Crippen molar-refractivity contribution in [3.63, 3.8) is 0 Å². The molecular formula is C16H16ClNO2. The third-order valence-electron chi connectivity index (χ3n) is 4.17. The smallest absolute Gasteiger partial charge is 0.238 e. The van der Waals surface area contributed by atoms with Crippen LogP contribution < -0.4 is 4.90 Å². The van der Waals surface area contributed by atoms with Crippen molar-refractivity contribution in [2.45, 2.75) is 26.7 Å². The predicted molar refractivity (Wildman–Crippen MR) is 78.6 cm³/mol. The second-order valence-corrected chi connectivity index (χ2v) is 6.09. The Labute approximate surface area is 123 Å². The minimum Gasteiger partial charge on any atom is -0.274 e. The second-order valence-electron chi connectivity index (χ2n) is 5.61. The van der Waals surface area contributed by atoms with Crippen molar-refractivity contribution >= 4 is 29.1 Å². The molecule has 1 aliphatic heterocycles. The molecule has 0 unspecified atom stereocenters. The number of carbonyl (C=O) groups is 2. The van der Waals surface area contributed by atoms with E-state index in [0.717, 1.165) is 11.1 Å². The van der Waals surface area contributed by atoms with Gasteiger partial charge >= 0.3 is 0 Å². The van der Waals surface area contributed by atoms with Gasteiger partial charge in [-0.05, 0) is 43.9 Å². The van der Waals surface area contributed by atoms with Gasteiger partial charge in [0.15, 0.2) is 0 Å². The number of nitrogens with zero attached hydrogens (tertiary/aromatic N) is 1. The van der Waals surface area contributed by atoms with Crippen molar-refractivity contribution < 1.29 is 9.59 Å². The maximum Gasteiger partial charge on any atom is 0.238 e. The molecule has 1 aromatic carbocycles. The van der Waals surface area contributed by atoms with E-state index in [1.54, 1.807) is 0 Å². The van der Waals surface area contributed by atoms with Crippen LogP contribution in [-0.4, -0.2) is 11.8 Å². The van der Waals surface area contributed by atoms with Gasteiger partial charge in [-0.15, -0.1) is 0 Å². The second kappa shape index (κ2) is 4.74. The number of anilines is 1. The Balaban J connectivity index is 2.02. The monoisotopic (exact) mass is 289 g/mol. The number of hydrogen-bond donors (Lipinski definition) is 0. The summed E-state index contributed by atoms with van der Waals surface area (Å²) in [6.07, 6.45) is 2.91. The van der Waals surface area contributed by atoms with E-state index in [9.17, 15) is 9.59 Å². The Morgan fingerprint density at radius 2 is 1.85 bits per heavy atom. The van der Waals surface area contributed by atoms with E-state index >= 15 is 0 Å². The van der Waals surface area contributed by atoms with Crippen molar-refractivity contribution in [3.8, 4) is 0 Å². The van der Waals surface area contributed by atoms with Gasteiger partial charge in [-0.2, -0.15) is 0 Å². The largest absolute Gasteiger partial charge is 0.274 e. The molecule has 3 nitrogen and oxygen atoms in total. The summed E-state index contributed by atoms with van der Waals surface area (Å²) in [5, 5.41) is 0.690. The molecule has 0 spiro atoms. The van der Waals surface area contributed by atoms with E-state index in [2.05, 4.69) is 0 Å². The van der Waals surface area contributed by atoms with Crippen LogP contribution in [0, 0.1) is 25.7 Å². The number of rotatable bonds is 1. The fraction of sp³-hybridized carbons (Fsp3) is 0.375. The van der Waals surface area contributed by atoms with E-state index in [0.29, 0.717) is 23.6 Å². The fourth-order valence-corrected chi connectivity index (χ4v) is 3.28. The van der Waals surface area contributed by atoms with Gasteiger partial charge in [-0.25, -0.2) is 4.90 Å². The maximum absolute atomic E-state index is 12.6. The molecule has 3 rings (SSSR count). The summed E-state index contributed by atoms with van der Waals surface area (Å²) in [5.74, 6) is -0.737. The molecule has 0 saturated carbocycles. The van der Waals surface area contributed by atoms with Crippen LogP contribution in [0.4, 0.5) is 5.69 Å². The highest BCUT2D eigenvalue weighted by Gasteiger charge is 2.49. The van der Waals surface area contributed by atoms with E-state index in [1.165, 1.54) is 4.90 Å². The van der Waals surface area contributed by atoms with Crippen LogP contribution in [0.25, 0.3) is 0 Å². The summed E-state index contributed by atoms with van der Waals surface area (Å²) in [4.78, 5) is 26.5. The number of aryl methyl sites for hydroxylation is 2. The lowest BCUT2D eigenvalue weighted by Crippen LogP contribution is -2.31. The molecule has 0 radical (unpaired) electrons. The Kier molecular flexibility index (Phi) is 3.17. The highest BCUT2D eigenvalue weighted by Crippen LogP contribution is 2.41. The zero-order valence-corrected chi connectivity index (χ0v) is 12.3. The van der Waals surface area contributed by atoms with Crippen LogP contribution in [0.1, 0.15) is 24.0 Å². The molecule has 104 valence electrons. The van der Waals surface area contributed by atoms with Crippen LogP contribution in [0.15, 0.2) is 29.3 Å². The molecule has 1 fully saturated rings. The first-order valence-corrected chi connectivity index (χ1v) is 7.16. The Morgan fingerprint density at radius 3 is 2.60 bits per heavy atom. The van der Waals surface area contributed by atoms with E-state index in [4.69, 9.17) is 11.6 Å². The first kappa shape index (κ1) is 13.4. The first-order valence-electron chi connectivity index (χ1n) is 6.78. The maximum atomic E-state index is 12.6. The molecule has 1 aliphatic carbocycles. The molecule has 1 heterocycles. The topological polar surface area (TPSA) is 37.4 Å². The number of benzene rings is 1. The lowest BCUT2D eigenvalue weighted by molar-refractivity contribution is -0.122. The number of imide groups is 1. The summed E-state index contributed by atoms with van der Waals surface area (Å²) in [6, 6.07) is 5.82. The molecule has 20 heavy (non-hydrogen) atoms. The van der Waals surface area contributed by atoms with Crippen LogP contribution in [-0.2, 0) is 9.59 Å². The highest BCUT2D eigenvalue weighted by atomic mass is 35.5. The number of allylic oxidation sites excluding steroid dienone is 2. The molecule has 0 N–H and O–H groups in total. The lowest BCUT2D eigenvalue weighted by Gasteiger charge is -2.18. The van der Waals surface area contributed by atoms with Crippen LogP contribution in [0.3, 0.4) is 0 Å². The van der Waals surface area contributed by atoms with E-state index < -0.39 is 0 Å². The average Bonchev–Trinajstić information content (AvgIpc) is 2.65. The van der Waals surface area contributed by atoms with Gasteiger partial charge in [0.1, 0.15) is 0 Å². The standard InChI is InChI=1S/C16H16ClNO2/c1-9-3-4-10(2)14(7-9)18-15(19)12-6-5-11(17)8-13(12)16(18)20/h3-5,7,12-13H,6,8H2,1-2H3/t12-,13-/m0/s1. The zero-order chi connectivity index (χ0) is 14.4. The molecule has 1 saturated heterocycles. The molecule has 0 aromatic heterocycles. The van der Waals surface area contributed by atoms with Crippen molar-refractivity contribution in [2.24, 2.45) is 11.8 Å². The van der Waals surface area contributed by atoms with Crippen molar-refractivity contribution in [1.29, 1.82) is 0 Å². The zero-order valence-electron chi connectivity index (χ0n) is 11.5. The number of amides is 2. The molecular weight excluding hydrogens is 274 g/mol. The summed E-state index contributed by atoms with van der Waals surface area (Å²) in [5.41, 5.74) is 2.69. The third-order valence-corrected chi connectivity index (χ3v) is 4.48. The summed E-state index contributed by atoms with van der Waals surface area (Å²) < 4.78 is 0. The van der Waals surface area contributed by atoms with Crippen molar-refractivity contribution in [3.05, 3.63) is 40.4 Å². The molecule has 2 atom stereocenters. The Hall–Kier alpha value is -1.61. The van der Waals surface area contributed by atoms with Crippen molar-refractivity contribution in [2.75, 3.05) is 4.90 Å². The van der Waals surface area contributed by atoms with E-state index in [1.807, 2.05) is 38.1 Å². The highest BCUT2D eigenvalue weighted by molar-refractivity contribution is 6.30. The molecule has 4 heteroatoms. The van der Waals surface area contributed by atoms with Crippen LogP contribution in [0.5, 0.6) is 0 Å². The quantitative estimate of drug-likeness (QED) is 0.744. The minimum absolute atomic E-state index is 0.0888. The van der Waals surface area contributed by atoms with Gasteiger partial charge in [0, 0.05) is 5.03 Å². The number of fused-ring (bicyclic) bond motifs is 1. The van der Waals surface area contributed by atoms with Crippen LogP contribution >= 0.6 is 11.6 Å². The number of halogens is 1. The number of hydrogen-bond acceptors (Lipinski definition) is 2. The van der Waals surface area contributed by atoms with Gasteiger partial charge in [0.25, 0.3) is 0 Å². The van der Waals surface area contributed by atoms with Gasteiger partial charge < -0.3 is 0 Å². The fourth-order valence-electron chi connectivity index (χ4n) is 3.03. The van der Waals surface area contributed by atoms with Gasteiger partial charge in [0.05, 0.1) is 17.5 Å². The normalized spacial score (nSPS) is 25.8. The predicted octanol–water partition coefficient (Wildman–Crippen LogP) is 3.33. The SMILES string of the molecule is Cc1ccc(C)c(N2C(=O)[C@H]3CC=C(Cl)C[C@@H]3C2=O)c1. The molecule has 2 amide bonds. The third kappa shape index (κ3) is 1.97. The summed E-state index contributed by atoms with van der Waals surface area (Å²) in [6.45, 7) is 3.88. The van der Waals surface area contributed by atoms with E-state index in [-0.39, 0.29) is 23.7 Å². The lowest BCUT2D eigenvalue weighted by atomic mass is 9.85. The Morgan fingerprint density at radius 1 is 1.15 bits per heavy atom. The molecule has 1 aromatic rings. The van der Waals surface area contributed by atoms with Gasteiger partial charge in [0.2, 0.25) is 11.8 Å². The first-order chi connectivity index (χ1) is 9.49. The minimum atomic E-state index is -0.292. The number of carbonyl (C=O) groups excluding carboxylic acids is 2. The molecule has 0 bridgehead atoms. The van der Waals surface area contributed by atoms with Crippen molar-refractivity contribution in [1.82, 2.24) is 0 Å². The Bertz CT molecular complexity index is 635. The van der Waals surface area contributed by atoms with Gasteiger partial charge in [-0.1, -0.05) is 29.8 Å². The van der Waals surface area contributed by atoms with Gasteiger partial charge in [-0.3, -0.25) is 9.59 Å². The van der Waals surface area contributed by atoms with Crippen LogP contribution in [0.2, 0.25) is 0 Å². The average molecular weight is 290 g/mol. The summed E-state index contributed by atoms with van der Waals surface area (Å²) in [7, 11) is 0. The summed E-state index contributed by atoms with van der Waals surface area (Å²) >= 11 is 6.03.